The Kier molecular flexibility index (Phi) is 9.29. The average Bonchev–Trinajstić information content (AvgIpc) is 1.68. The highest BCUT2D eigenvalue weighted by Gasteiger charge is 1.95. The smallest absolute Gasteiger partial charge is 0.305 e. The monoisotopic (exact) mass is 133 g/mol. The lowest BCUT2D eigenvalue weighted by Crippen LogP contribution is -2.01. The molecule has 0 fully saturated rings. The minimum atomic E-state index is -0.0880. The summed E-state index contributed by atoms with van der Waals surface area (Å²) in [6.07, 6.45) is 1.42. The summed E-state index contributed by atoms with van der Waals surface area (Å²) in [4.78, 5) is 10.4. The van der Waals surface area contributed by atoms with Crippen LogP contribution in [-0.2, 0) is 9.53 Å². The van der Waals surface area contributed by atoms with Crippen LogP contribution in [0.5, 0.6) is 0 Å². The van der Waals surface area contributed by atoms with E-state index < -0.39 is 0 Å². The molecule has 0 aliphatic heterocycles. The van der Waals surface area contributed by atoms with Crippen molar-refractivity contribution in [3.63, 3.8) is 0 Å². The summed E-state index contributed by atoms with van der Waals surface area (Å²) in [5.74, 6) is -0.0880. The third kappa shape index (κ3) is 7.43. The van der Waals surface area contributed by atoms with Crippen LogP contribution in [0.4, 0.5) is 0 Å². The summed E-state index contributed by atoms with van der Waals surface area (Å²) in [6.45, 7) is 4.27. The molecule has 0 rings (SSSR count). The molecule has 0 radical (unpaired) electrons. The van der Waals surface area contributed by atoms with Gasteiger partial charge in [-0.15, -0.1) is 0 Å². The van der Waals surface area contributed by atoms with Crippen molar-refractivity contribution in [2.45, 2.75) is 26.7 Å². The Morgan fingerprint density at radius 3 is 2.33 bits per heavy atom. The molecule has 0 saturated carbocycles. The van der Waals surface area contributed by atoms with Crippen LogP contribution in [0.3, 0.4) is 0 Å². The third-order valence-electron chi connectivity index (χ3n) is 0.759. The molecule has 0 amide bonds. The molecule has 0 aliphatic rings. The molecule has 0 bridgehead atoms. The molecule has 0 unspecified atom stereocenters. The molecule has 0 atom stereocenters. The summed E-state index contributed by atoms with van der Waals surface area (Å²) >= 11 is 0. The van der Waals surface area contributed by atoms with Gasteiger partial charge in [-0.25, -0.2) is 0 Å². The number of hydrogen-bond acceptors (Lipinski definition) is 3. The lowest BCUT2D eigenvalue weighted by Gasteiger charge is -1.96. The topological polar surface area (TPSA) is 61.3 Å². The summed E-state index contributed by atoms with van der Waals surface area (Å²) in [7, 11) is 0. The molecule has 0 aromatic carbocycles. The lowest BCUT2D eigenvalue weighted by molar-refractivity contribution is -0.143. The maximum atomic E-state index is 10.4. The van der Waals surface area contributed by atoms with Crippen molar-refractivity contribution < 1.29 is 9.53 Å². The molecule has 0 heterocycles. The van der Waals surface area contributed by atoms with Crippen molar-refractivity contribution in [3.8, 4) is 0 Å². The second-order valence-electron chi connectivity index (χ2n) is 1.56. The molecule has 0 spiro atoms. The third-order valence-corrected chi connectivity index (χ3v) is 0.759. The predicted molar refractivity (Wildman–Crippen MR) is 36.6 cm³/mol. The Hall–Kier alpha value is -0.570. The minimum absolute atomic E-state index is 0. The Morgan fingerprint density at radius 1 is 1.44 bits per heavy atom. The maximum Gasteiger partial charge on any atom is 0.305 e. The molecule has 56 valence electrons. The Labute approximate surface area is 56.0 Å². The van der Waals surface area contributed by atoms with E-state index in [0.29, 0.717) is 13.0 Å². The Balaban J connectivity index is 0. The summed E-state index contributed by atoms with van der Waals surface area (Å²) < 4.78 is 4.64. The van der Waals surface area contributed by atoms with E-state index in [1.807, 2.05) is 13.8 Å². The number of carbonyl (C=O) groups excluding carboxylic acids is 1. The average molecular weight is 133 g/mol. The van der Waals surface area contributed by atoms with Crippen molar-refractivity contribution in [2.75, 3.05) is 6.61 Å². The molecule has 3 N–H and O–H groups in total. The number of hydrogen-bond donors (Lipinski definition) is 1. The van der Waals surface area contributed by atoms with Crippen LogP contribution in [0.15, 0.2) is 0 Å². The van der Waals surface area contributed by atoms with Crippen LogP contribution < -0.4 is 6.15 Å². The van der Waals surface area contributed by atoms with Gasteiger partial charge in [0.25, 0.3) is 0 Å². The van der Waals surface area contributed by atoms with Gasteiger partial charge in [0.15, 0.2) is 0 Å². The van der Waals surface area contributed by atoms with Crippen LogP contribution in [-0.4, -0.2) is 12.6 Å². The fraction of sp³-hybridized carbons (Fsp3) is 0.833. The first kappa shape index (κ1) is 11.3. The maximum absolute atomic E-state index is 10.4. The molecule has 9 heavy (non-hydrogen) atoms. The van der Waals surface area contributed by atoms with E-state index in [1.165, 1.54) is 0 Å². The fourth-order valence-electron chi connectivity index (χ4n) is 0.437. The molecule has 0 aromatic heterocycles. The van der Waals surface area contributed by atoms with Crippen LogP contribution in [0, 0.1) is 0 Å². The molecule has 3 heteroatoms. The normalized spacial score (nSPS) is 7.78. The lowest BCUT2D eigenvalue weighted by atomic mass is 10.3. The van der Waals surface area contributed by atoms with E-state index in [2.05, 4.69) is 4.74 Å². The van der Waals surface area contributed by atoms with Crippen LogP contribution in [0.2, 0.25) is 0 Å². The van der Waals surface area contributed by atoms with Gasteiger partial charge in [-0.05, 0) is 13.3 Å². The van der Waals surface area contributed by atoms with E-state index in [0.717, 1.165) is 6.42 Å². The highest BCUT2D eigenvalue weighted by atomic mass is 16.5. The van der Waals surface area contributed by atoms with Gasteiger partial charge >= 0.3 is 5.97 Å². The van der Waals surface area contributed by atoms with Gasteiger partial charge in [-0.2, -0.15) is 0 Å². The van der Waals surface area contributed by atoms with Gasteiger partial charge in [-0.3, -0.25) is 4.79 Å². The predicted octanol–water partition coefficient (Wildman–Crippen LogP) is 1.51. The first-order chi connectivity index (χ1) is 3.81. The fourth-order valence-corrected chi connectivity index (χ4v) is 0.437. The van der Waals surface area contributed by atoms with Gasteiger partial charge in [0.2, 0.25) is 0 Å². The zero-order chi connectivity index (χ0) is 6.41. The summed E-state index contributed by atoms with van der Waals surface area (Å²) in [5.41, 5.74) is 0. The van der Waals surface area contributed by atoms with Gasteiger partial charge in [0.05, 0.1) is 6.61 Å². The van der Waals surface area contributed by atoms with Gasteiger partial charge < -0.3 is 10.9 Å². The van der Waals surface area contributed by atoms with Crippen molar-refractivity contribution in [3.05, 3.63) is 0 Å². The van der Waals surface area contributed by atoms with E-state index in [9.17, 15) is 4.79 Å². The zero-order valence-electron chi connectivity index (χ0n) is 6.14. The SMILES string of the molecule is CCCC(=O)OCC.N. The minimum Gasteiger partial charge on any atom is -0.466 e. The second kappa shape index (κ2) is 7.43. The Bertz CT molecular complexity index is 65.5. The molecule has 0 aliphatic carbocycles. The van der Waals surface area contributed by atoms with Gasteiger partial charge in [0, 0.05) is 6.42 Å². The van der Waals surface area contributed by atoms with E-state index in [1.54, 1.807) is 0 Å². The summed E-state index contributed by atoms with van der Waals surface area (Å²) in [5, 5.41) is 0. The van der Waals surface area contributed by atoms with Gasteiger partial charge in [0.1, 0.15) is 0 Å². The first-order valence-corrected chi connectivity index (χ1v) is 2.96. The van der Waals surface area contributed by atoms with Crippen molar-refractivity contribution in [2.24, 2.45) is 0 Å². The molecule has 3 nitrogen and oxygen atoms in total. The molecular weight excluding hydrogens is 118 g/mol. The van der Waals surface area contributed by atoms with Crippen LogP contribution in [0.25, 0.3) is 0 Å². The number of carbonyl (C=O) groups is 1. The van der Waals surface area contributed by atoms with Crippen molar-refractivity contribution in [1.82, 2.24) is 6.15 Å². The molecular formula is C6H15NO2. The zero-order valence-corrected chi connectivity index (χ0v) is 6.14. The Morgan fingerprint density at radius 2 is 2.00 bits per heavy atom. The van der Waals surface area contributed by atoms with Crippen molar-refractivity contribution >= 4 is 5.97 Å². The second-order valence-corrected chi connectivity index (χ2v) is 1.56. The molecule has 0 saturated heterocycles. The quantitative estimate of drug-likeness (QED) is 0.593. The number of rotatable bonds is 3. The number of esters is 1. The van der Waals surface area contributed by atoms with Crippen molar-refractivity contribution in [1.29, 1.82) is 0 Å². The van der Waals surface area contributed by atoms with Crippen LogP contribution in [0.1, 0.15) is 26.7 Å². The van der Waals surface area contributed by atoms with E-state index in [4.69, 9.17) is 0 Å². The van der Waals surface area contributed by atoms with E-state index in [-0.39, 0.29) is 12.1 Å². The van der Waals surface area contributed by atoms with E-state index >= 15 is 0 Å². The van der Waals surface area contributed by atoms with Crippen LogP contribution >= 0.6 is 0 Å². The first-order valence-electron chi connectivity index (χ1n) is 2.96. The van der Waals surface area contributed by atoms with Gasteiger partial charge in [-0.1, -0.05) is 6.92 Å². The highest BCUT2D eigenvalue weighted by Crippen LogP contribution is 1.89. The highest BCUT2D eigenvalue weighted by molar-refractivity contribution is 5.69. The molecule has 0 aromatic rings. The number of ether oxygens (including phenoxy) is 1. The summed E-state index contributed by atoms with van der Waals surface area (Å²) in [6, 6.07) is 0. The largest absolute Gasteiger partial charge is 0.466 e. The standard InChI is InChI=1S/C6H12O2.H3N/c1-3-5-6(7)8-4-2;/h3-5H2,1-2H3;1H3.